The van der Waals surface area contributed by atoms with E-state index in [2.05, 4.69) is 9.97 Å². The third kappa shape index (κ3) is 1.85. The molecular formula is C10H8N2O3. The summed E-state index contributed by atoms with van der Waals surface area (Å²) in [7, 11) is 0. The van der Waals surface area contributed by atoms with Gasteiger partial charge in [-0.1, -0.05) is 0 Å². The van der Waals surface area contributed by atoms with Gasteiger partial charge in [-0.15, -0.1) is 0 Å². The predicted molar refractivity (Wildman–Crippen MR) is 51.4 cm³/mol. The van der Waals surface area contributed by atoms with Crippen molar-refractivity contribution >= 4 is 5.97 Å². The fourth-order valence-corrected chi connectivity index (χ4v) is 1.20. The lowest BCUT2D eigenvalue weighted by Gasteiger charge is -2.00. The molecule has 5 nitrogen and oxygen atoms in total. The number of aromatic carboxylic acids is 1. The molecule has 5 heteroatoms. The van der Waals surface area contributed by atoms with Gasteiger partial charge in [0, 0.05) is 5.69 Å². The van der Waals surface area contributed by atoms with Crippen LogP contribution in [0.4, 0.5) is 0 Å². The number of carboxylic acids is 1. The van der Waals surface area contributed by atoms with Crippen molar-refractivity contribution in [3.8, 4) is 11.4 Å². The Morgan fingerprint density at radius 3 is 2.87 bits per heavy atom. The zero-order valence-corrected chi connectivity index (χ0v) is 7.97. The second-order valence-corrected chi connectivity index (χ2v) is 3.04. The molecule has 2 aromatic heterocycles. The van der Waals surface area contributed by atoms with E-state index in [-0.39, 0.29) is 5.69 Å². The van der Waals surface area contributed by atoms with Crippen molar-refractivity contribution in [2.75, 3.05) is 0 Å². The summed E-state index contributed by atoms with van der Waals surface area (Å²) in [6.07, 6.45) is 2.96. The van der Waals surface area contributed by atoms with E-state index < -0.39 is 5.97 Å². The Balaban J connectivity index is 2.54. The molecule has 0 aromatic carbocycles. The molecule has 0 aliphatic heterocycles. The Labute approximate surface area is 85.4 Å². The van der Waals surface area contributed by atoms with Crippen LogP contribution in [0.2, 0.25) is 0 Å². The van der Waals surface area contributed by atoms with E-state index >= 15 is 0 Å². The lowest BCUT2D eigenvalue weighted by atomic mass is 10.2. The summed E-state index contributed by atoms with van der Waals surface area (Å²) < 4.78 is 4.88. The fourth-order valence-electron chi connectivity index (χ4n) is 1.20. The van der Waals surface area contributed by atoms with Gasteiger partial charge in [0.25, 0.3) is 0 Å². The number of aryl methyl sites for hydroxylation is 1. The Bertz CT molecular complexity index is 491. The first-order chi connectivity index (χ1) is 7.16. The van der Waals surface area contributed by atoms with Crippen LogP contribution in [0.25, 0.3) is 11.4 Å². The van der Waals surface area contributed by atoms with E-state index in [1.54, 1.807) is 13.0 Å². The number of aromatic nitrogens is 2. The van der Waals surface area contributed by atoms with Gasteiger partial charge in [-0.05, 0) is 19.1 Å². The van der Waals surface area contributed by atoms with Crippen LogP contribution in [-0.2, 0) is 0 Å². The smallest absolute Gasteiger partial charge is 0.354 e. The van der Waals surface area contributed by atoms with Crippen molar-refractivity contribution in [1.82, 2.24) is 9.97 Å². The summed E-state index contributed by atoms with van der Waals surface area (Å²) in [6, 6.07) is 3.10. The van der Waals surface area contributed by atoms with Gasteiger partial charge in [-0.3, -0.25) is 0 Å². The first-order valence-corrected chi connectivity index (χ1v) is 4.28. The minimum atomic E-state index is -1.06. The van der Waals surface area contributed by atoms with Crippen LogP contribution in [-0.4, -0.2) is 21.0 Å². The van der Waals surface area contributed by atoms with E-state index in [4.69, 9.17) is 9.52 Å². The largest absolute Gasteiger partial charge is 0.477 e. The molecule has 0 aliphatic carbocycles. The van der Waals surface area contributed by atoms with Gasteiger partial charge in [0.05, 0.1) is 11.8 Å². The van der Waals surface area contributed by atoms with Gasteiger partial charge >= 0.3 is 5.97 Å². The minimum absolute atomic E-state index is 0.0151. The number of hydrogen-bond acceptors (Lipinski definition) is 4. The van der Waals surface area contributed by atoms with E-state index in [1.807, 2.05) is 0 Å². The Morgan fingerprint density at radius 1 is 1.47 bits per heavy atom. The molecule has 0 amide bonds. The monoisotopic (exact) mass is 204 g/mol. The van der Waals surface area contributed by atoms with Crippen molar-refractivity contribution in [3.63, 3.8) is 0 Å². The molecule has 0 spiro atoms. The molecule has 15 heavy (non-hydrogen) atoms. The zero-order valence-electron chi connectivity index (χ0n) is 7.97. The van der Waals surface area contributed by atoms with Crippen molar-refractivity contribution in [2.45, 2.75) is 6.92 Å². The predicted octanol–water partition coefficient (Wildman–Crippen LogP) is 1.74. The average molecular weight is 204 g/mol. The Morgan fingerprint density at radius 2 is 2.27 bits per heavy atom. The number of hydrogen-bond donors (Lipinski definition) is 1. The quantitative estimate of drug-likeness (QED) is 0.806. The van der Waals surface area contributed by atoms with Crippen LogP contribution < -0.4 is 0 Å². The molecule has 1 N–H and O–H groups in total. The molecule has 0 atom stereocenters. The average Bonchev–Trinajstić information content (AvgIpc) is 2.69. The molecule has 2 rings (SSSR count). The third-order valence-electron chi connectivity index (χ3n) is 1.85. The number of rotatable bonds is 2. The molecule has 0 saturated carbocycles. The number of carboxylic acid groups (broad SMARTS) is 1. The second-order valence-electron chi connectivity index (χ2n) is 3.04. The van der Waals surface area contributed by atoms with Crippen molar-refractivity contribution in [1.29, 1.82) is 0 Å². The molecule has 0 radical (unpaired) electrons. The lowest BCUT2D eigenvalue weighted by Crippen LogP contribution is -2.03. The summed E-state index contributed by atoms with van der Waals surface area (Å²) in [5, 5.41) is 8.82. The van der Waals surface area contributed by atoms with Gasteiger partial charge in [0.2, 0.25) is 0 Å². The van der Waals surface area contributed by atoms with E-state index in [0.717, 1.165) is 0 Å². The van der Waals surface area contributed by atoms with Gasteiger partial charge < -0.3 is 9.52 Å². The first kappa shape index (κ1) is 9.39. The van der Waals surface area contributed by atoms with Crippen molar-refractivity contribution in [3.05, 3.63) is 36.0 Å². The van der Waals surface area contributed by atoms with Crippen LogP contribution in [0.1, 0.15) is 16.2 Å². The van der Waals surface area contributed by atoms with Crippen molar-refractivity contribution < 1.29 is 14.3 Å². The summed E-state index contributed by atoms with van der Waals surface area (Å²) in [5.74, 6) is -0.702. The molecule has 0 saturated heterocycles. The normalized spacial score (nSPS) is 10.2. The van der Waals surface area contributed by atoms with E-state index in [0.29, 0.717) is 17.1 Å². The number of carbonyl (C=O) groups is 1. The van der Waals surface area contributed by atoms with Crippen LogP contribution in [0.3, 0.4) is 0 Å². The Kier molecular flexibility index (Phi) is 2.21. The molecular weight excluding hydrogens is 196 g/mol. The van der Waals surface area contributed by atoms with Crippen LogP contribution in [0.5, 0.6) is 0 Å². The highest BCUT2D eigenvalue weighted by Gasteiger charge is 2.10. The number of nitrogens with zero attached hydrogens (tertiary/aromatic N) is 2. The van der Waals surface area contributed by atoms with Gasteiger partial charge in [0.15, 0.2) is 11.5 Å². The molecule has 0 fully saturated rings. The maximum Gasteiger partial charge on any atom is 0.354 e. The van der Waals surface area contributed by atoms with Gasteiger partial charge in [-0.2, -0.15) is 0 Å². The highest BCUT2D eigenvalue weighted by atomic mass is 16.4. The summed E-state index contributed by atoms with van der Waals surface area (Å²) in [5.41, 5.74) is 1.26. The maximum atomic E-state index is 10.8. The molecule has 76 valence electrons. The number of furan rings is 1. The third-order valence-corrected chi connectivity index (χ3v) is 1.85. The molecule has 0 unspecified atom stereocenters. The lowest BCUT2D eigenvalue weighted by molar-refractivity contribution is 0.0690. The second kappa shape index (κ2) is 3.53. The fraction of sp³-hybridized carbons (Fsp3) is 0.100. The summed E-state index contributed by atoms with van der Waals surface area (Å²) >= 11 is 0. The first-order valence-electron chi connectivity index (χ1n) is 4.28. The Hall–Kier alpha value is -2.17. The highest BCUT2D eigenvalue weighted by Crippen LogP contribution is 2.15. The molecule has 2 heterocycles. The van der Waals surface area contributed by atoms with Crippen LogP contribution in [0.15, 0.2) is 29.1 Å². The summed E-state index contributed by atoms with van der Waals surface area (Å²) in [4.78, 5) is 18.8. The molecule has 0 bridgehead atoms. The van der Waals surface area contributed by atoms with Gasteiger partial charge in [0.1, 0.15) is 6.26 Å². The summed E-state index contributed by atoms with van der Waals surface area (Å²) in [6.45, 7) is 1.72. The standard InChI is InChI=1S/C10H8N2O3/c1-6-4-8(10(13)14)12-9(11-6)7-2-3-15-5-7/h2-5H,1H3,(H,13,14). The highest BCUT2D eigenvalue weighted by molar-refractivity contribution is 5.85. The topological polar surface area (TPSA) is 76.2 Å². The van der Waals surface area contributed by atoms with E-state index in [1.165, 1.54) is 18.6 Å². The van der Waals surface area contributed by atoms with Crippen LogP contribution >= 0.6 is 0 Å². The van der Waals surface area contributed by atoms with E-state index in [9.17, 15) is 4.79 Å². The SMILES string of the molecule is Cc1cc(C(=O)O)nc(-c2ccoc2)n1. The molecule has 2 aromatic rings. The van der Waals surface area contributed by atoms with Gasteiger partial charge in [-0.25, -0.2) is 14.8 Å². The minimum Gasteiger partial charge on any atom is -0.477 e. The van der Waals surface area contributed by atoms with Crippen LogP contribution in [0, 0.1) is 6.92 Å². The molecule has 0 aliphatic rings. The maximum absolute atomic E-state index is 10.8. The zero-order chi connectivity index (χ0) is 10.8. The van der Waals surface area contributed by atoms with Crippen molar-refractivity contribution in [2.24, 2.45) is 0 Å².